The number of aryl methyl sites for hydroxylation is 8. The van der Waals surface area contributed by atoms with E-state index < -0.39 is 0 Å². The second-order valence-electron chi connectivity index (χ2n) is 36.9. The molecule has 8 heterocycles. The van der Waals surface area contributed by atoms with E-state index in [1.165, 1.54) is 32.1 Å². The molecule has 17 rings (SSSR count). The minimum atomic E-state index is -0.0552. The normalized spacial score (nSPS) is 15.2. The van der Waals surface area contributed by atoms with E-state index in [4.69, 9.17) is 102 Å². The molecule has 4 amide bonds. The van der Waals surface area contributed by atoms with Crippen LogP contribution in [0.25, 0.3) is 43.6 Å². The second-order valence-corrected chi connectivity index (χ2v) is 40.1. The van der Waals surface area contributed by atoms with Crippen LogP contribution in [0.3, 0.4) is 0 Å². The highest BCUT2D eigenvalue weighted by molar-refractivity contribution is 6.40. The average Bonchev–Trinajstić information content (AvgIpc) is 1.63. The van der Waals surface area contributed by atoms with Gasteiger partial charge < -0.3 is 47.3 Å². The van der Waals surface area contributed by atoms with E-state index in [1.807, 2.05) is 124 Å². The number of nitriles is 4. The summed E-state index contributed by atoms with van der Waals surface area (Å²) in [5.41, 5.74) is 19.8. The fourth-order valence-electron chi connectivity index (χ4n) is 20.3. The Labute approximate surface area is 826 Å². The van der Waals surface area contributed by atoms with Gasteiger partial charge in [-0.15, -0.1) is 0 Å². The summed E-state index contributed by atoms with van der Waals surface area (Å²) in [5, 5.41) is 45.6. The fourth-order valence-corrected chi connectivity index (χ4v) is 22.6. The number of ether oxygens (including phenoxy) is 2. The van der Waals surface area contributed by atoms with E-state index >= 15 is 0 Å². The summed E-state index contributed by atoms with van der Waals surface area (Å²) in [5.74, 6) is 3.33. The van der Waals surface area contributed by atoms with Crippen molar-refractivity contribution in [3.63, 3.8) is 0 Å². The number of hydrogen-bond acceptors (Lipinski definition) is 10. The molecule has 5 fully saturated rings. The Morgan fingerprint density at radius 1 is 0.343 bits per heavy atom. The van der Waals surface area contributed by atoms with Crippen LogP contribution in [-0.2, 0) is 63.3 Å². The van der Waals surface area contributed by atoms with Crippen molar-refractivity contribution in [1.82, 2.24) is 37.9 Å². The van der Waals surface area contributed by atoms with Crippen LogP contribution in [0.1, 0.15) is 228 Å². The van der Waals surface area contributed by atoms with Gasteiger partial charge in [-0.2, -0.15) is 21.0 Å². The molecule has 698 valence electrons. The van der Waals surface area contributed by atoms with Crippen LogP contribution in [-0.4, -0.2) is 141 Å². The van der Waals surface area contributed by atoms with Crippen LogP contribution in [0, 0.1) is 103 Å². The highest BCUT2D eigenvalue weighted by Gasteiger charge is 2.35. The van der Waals surface area contributed by atoms with Gasteiger partial charge >= 0.3 is 0 Å². The monoisotopic (exact) mass is 1950 g/mol. The molecule has 0 N–H and O–H groups in total. The maximum absolute atomic E-state index is 13.4. The lowest BCUT2D eigenvalue weighted by Gasteiger charge is -2.40. The number of hydrogen-bond donors (Lipinski definition) is 0. The number of nitrogens with zero attached hydrogens (tertiary/aromatic N) is 12. The minimum absolute atomic E-state index is 0.00141. The molecule has 8 aromatic carbocycles. The zero-order chi connectivity index (χ0) is 95.8. The molecule has 0 spiro atoms. The lowest BCUT2D eigenvalue weighted by molar-refractivity contribution is 0.0605. The lowest BCUT2D eigenvalue weighted by atomic mass is 9.72. The van der Waals surface area contributed by atoms with Gasteiger partial charge in [-0.25, -0.2) is 0 Å². The maximum atomic E-state index is 13.4. The number of likely N-dealkylation sites (tertiary alicyclic amines) is 4. The van der Waals surface area contributed by atoms with Crippen LogP contribution in [0.5, 0.6) is 0 Å². The average molecular weight is 1960 g/mol. The molecule has 0 unspecified atom stereocenters. The third-order valence-corrected chi connectivity index (χ3v) is 31.8. The molecule has 4 aromatic heterocycles. The molecular weight excluding hydrogens is 1840 g/mol. The Hall–Kier alpha value is -10.0. The minimum Gasteiger partial charge on any atom is -0.385 e. The third kappa shape index (κ3) is 21.8. The summed E-state index contributed by atoms with van der Waals surface area (Å²) in [6.07, 6.45) is 17.6. The summed E-state index contributed by atoms with van der Waals surface area (Å²) in [4.78, 5) is 60.9. The number of carbonyl (C=O) groups excluding carboxylic acids is 4. The first-order chi connectivity index (χ1) is 64.4. The number of rotatable bonds is 20. The van der Waals surface area contributed by atoms with Gasteiger partial charge in [-0.3, -0.25) is 19.2 Å². The van der Waals surface area contributed by atoms with Crippen molar-refractivity contribution in [2.75, 3.05) is 79.8 Å². The van der Waals surface area contributed by atoms with Crippen molar-refractivity contribution >= 4 is 160 Å². The molecule has 18 nitrogen and oxygen atoms in total. The largest absolute Gasteiger partial charge is 0.385 e. The molecule has 1 aliphatic carbocycles. The van der Waals surface area contributed by atoms with Crippen molar-refractivity contribution in [3.05, 3.63) is 273 Å². The van der Waals surface area contributed by atoms with Gasteiger partial charge in [0, 0.05) is 220 Å². The lowest BCUT2D eigenvalue weighted by Crippen LogP contribution is -2.41. The zero-order valence-electron chi connectivity index (χ0n) is 78.1. The zero-order valence-corrected chi connectivity index (χ0v) is 84.1. The molecule has 26 heteroatoms. The molecule has 12 aromatic rings. The van der Waals surface area contributed by atoms with Crippen molar-refractivity contribution in [3.8, 4) is 24.3 Å². The third-order valence-electron chi connectivity index (χ3n) is 28.7. The number of piperidine rings is 4. The van der Waals surface area contributed by atoms with E-state index in [2.05, 4.69) is 73.7 Å². The van der Waals surface area contributed by atoms with Crippen molar-refractivity contribution < 1.29 is 28.7 Å². The molecule has 4 saturated heterocycles. The van der Waals surface area contributed by atoms with Gasteiger partial charge in [0.2, 0.25) is 0 Å². The Bertz CT molecular complexity index is 6460. The van der Waals surface area contributed by atoms with Gasteiger partial charge in [-0.1, -0.05) is 132 Å². The van der Waals surface area contributed by atoms with E-state index in [0.29, 0.717) is 141 Å². The molecule has 1 saturated carbocycles. The smallest absolute Gasteiger partial charge is 0.255 e. The Balaban J connectivity index is 0.000000143. The number of amides is 4. The van der Waals surface area contributed by atoms with E-state index in [1.54, 1.807) is 62.8 Å². The highest BCUT2D eigenvalue weighted by atomic mass is 35.5. The van der Waals surface area contributed by atoms with Crippen molar-refractivity contribution in [2.45, 2.75) is 150 Å². The second kappa shape index (κ2) is 44.4. The van der Waals surface area contributed by atoms with Crippen LogP contribution in [0.4, 0.5) is 0 Å². The van der Waals surface area contributed by atoms with Crippen LogP contribution in [0.15, 0.2) is 121 Å². The van der Waals surface area contributed by atoms with Crippen LogP contribution >= 0.6 is 92.8 Å². The van der Waals surface area contributed by atoms with Gasteiger partial charge in [0.1, 0.15) is 0 Å². The first kappa shape index (κ1) is 100.0. The highest BCUT2D eigenvalue weighted by Crippen LogP contribution is 2.43. The summed E-state index contributed by atoms with van der Waals surface area (Å²) < 4.78 is 18.7. The maximum Gasteiger partial charge on any atom is 0.255 e. The number of methoxy groups -OCH3 is 2. The van der Waals surface area contributed by atoms with Crippen molar-refractivity contribution in [2.24, 2.45) is 57.8 Å². The quantitative estimate of drug-likeness (QED) is 0.0703. The number of halogens is 8. The summed E-state index contributed by atoms with van der Waals surface area (Å²) in [6.45, 7) is 17.8. The first-order valence-corrected chi connectivity index (χ1v) is 49.4. The standard InChI is InChI=1S/C28H29Cl2N3O.C27H29Cl2N3O2.C27H29Cl2N3O.C26H27Cl2N3O2/c1-17-12-18(16-31)13-26-23(17)14-21(32(26)2)15-24-25(29)7-6-22(27(24)30)28(34)33-10-8-20(9-11-33)19-4-3-5-19;1-17-12-19(16-30)13-25-22(17)14-20(31(25)2)15-23-24(28)5-4-21(26(23)29)27(33)32-9-6-18(7-10-32)8-11-34-3;1-4-5-18-8-10-32(11-9-18)27(33)21-6-7-24(28)23(26(21)29)15-20-14-22-17(2)12-19(16-30)13-25(22)31(20)3;1-16-10-18(14-29)11-24-21(16)12-19(30(24)2)13-22-23(27)5-4-20(25(22)28)26(32)31-8-6-17(7-9-31)15-33-3/h6-7,12-14,19-20H,3-5,8-11,15H2,1-2H3;4-5,12-14,18H,6-11,15H2,1-3H3;6-7,12-14,18H,4-5,8-11,15H2,1-3H3;4-5,10-12,17H,6-9,13,15H2,1-3H3. The number of fused-ring (bicyclic) bond motifs is 4. The fraction of sp³-hybridized carbons (Fsp3) is 0.407. The van der Waals surface area contributed by atoms with Gasteiger partial charge in [0.25, 0.3) is 23.6 Å². The Kier molecular flexibility index (Phi) is 33.1. The molecule has 0 radical (unpaired) electrons. The predicted octanol–water partition coefficient (Wildman–Crippen LogP) is 25.7. The Morgan fingerprint density at radius 2 is 0.597 bits per heavy atom. The summed E-state index contributed by atoms with van der Waals surface area (Å²) >= 11 is 53.5. The molecule has 5 aliphatic rings. The SMILES string of the molecule is CCCC1CCN(C(=O)c2ccc(Cl)c(Cc3cc4c(C)cc(C#N)cc4n3C)c2Cl)CC1.COCC1CCN(C(=O)c2ccc(Cl)c(Cc3cc4c(C)cc(C#N)cc4n3C)c2Cl)CC1.COCCC1CCN(C(=O)c2ccc(Cl)c(Cc3cc4c(C)cc(C#N)cc4n3C)c2Cl)CC1.Cc1cc(C#N)cc2c1cc(Cc1c(Cl)ccc(C(=O)N3CCC(C4CCC4)CC3)c1Cl)n2C. The molecular formula is C108H114Cl8N12O6. The number of aromatic nitrogens is 4. The molecule has 134 heavy (non-hydrogen) atoms. The predicted molar refractivity (Wildman–Crippen MR) is 542 cm³/mol. The summed E-state index contributed by atoms with van der Waals surface area (Å²) in [6, 6.07) is 46.6. The van der Waals surface area contributed by atoms with Gasteiger partial charge in [0.15, 0.2) is 0 Å². The van der Waals surface area contributed by atoms with Crippen LogP contribution in [0.2, 0.25) is 40.2 Å². The van der Waals surface area contributed by atoms with Crippen molar-refractivity contribution in [1.29, 1.82) is 21.0 Å². The molecule has 4 aliphatic heterocycles. The van der Waals surface area contributed by atoms with Gasteiger partial charge in [0.05, 0.1) is 88.9 Å². The van der Waals surface area contributed by atoms with E-state index in [-0.39, 0.29) is 23.6 Å². The first-order valence-electron chi connectivity index (χ1n) is 46.4. The van der Waals surface area contributed by atoms with E-state index in [9.17, 15) is 40.2 Å². The van der Waals surface area contributed by atoms with Gasteiger partial charge in [-0.05, 0) is 281 Å². The molecule has 0 bridgehead atoms. The Morgan fingerprint density at radius 3 is 0.836 bits per heavy atom. The molecule has 0 atom stereocenters. The van der Waals surface area contributed by atoms with E-state index in [0.717, 1.165) is 233 Å². The number of benzene rings is 8. The topological polar surface area (TPSA) is 215 Å². The summed E-state index contributed by atoms with van der Waals surface area (Å²) in [7, 11) is 11.4. The van der Waals surface area contributed by atoms with Crippen LogP contribution < -0.4 is 0 Å². The number of carbonyl (C=O) groups is 4.